The van der Waals surface area contributed by atoms with Crippen molar-refractivity contribution >= 4 is 16.1 Å². The number of carbonyl (C=O) groups is 1. The van der Waals surface area contributed by atoms with Gasteiger partial charge in [-0.2, -0.15) is 0 Å². The highest BCUT2D eigenvalue weighted by Crippen LogP contribution is 2.52. The largest absolute Gasteiger partial charge is 0.444 e. The fraction of sp³-hybridized carbons (Fsp3) is 0.682. The van der Waals surface area contributed by atoms with Crippen LogP contribution in [0.1, 0.15) is 71.6 Å². The molecule has 1 fully saturated rings. The Hall–Kier alpha value is -1.60. The molecule has 2 aliphatic rings. The predicted molar refractivity (Wildman–Crippen MR) is 114 cm³/mol. The molecule has 0 bridgehead atoms. The zero-order valence-corrected chi connectivity index (χ0v) is 19.2. The van der Waals surface area contributed by atoms with Crippen LogP contribution in [0.15, 0.2) is 24.3 Å². The monoisotopic (exact) mass is 422 g/mol. The Morgan fingerprint density at radius 1 is 1.10 bits per heavy atom. The molecule has 6 nitrogen and oxygen atoms in total. The average molecular weight is 423 g/mol. The van der Waals surface area contributed by atoms with Crippen molar-refractivity contribution < 1.29 is 17.9 Å². The van der Waals surface area contributed by atoms with E-state index in [0.29, 0.717) is 13.1 Å². The van der Waals surface area contributed by atoms with Gasteiger partial charge in [-0.3, -0.25) is 0 Å². The van der Waals surface area contributed by atoms with E-state index >= 15 is 0 Å². The van der Waals surface area contributed by atoms with E-state index in [1.165, 1.54) is 5.56 Å². The maximum atomic E-state index is 13.0. The van der Waals surface area contributed by atoms with Gasteiger partial charge in [-0.05, 0) is 77.3 Å². The quantitative estimate of drug-likeness (QED) is 0.781. The molecule has 1 aromatic carbocycles. The van der Waals surface area contributed by atoms with Gasteiger partial charge in [0.1, 0.15) is 5.60 Å². The first-order valence-electron chi connectivity index (χ1n) is 10.3. The number of hydrogen-bond acceptors (Lipinski definition) is 4. The Balaban J connectivity index is 1.84. The fourth-order valence-electron chi connectivity index (χ4n) is 4.23. The van der Waals surface area contributed by atoms with Crippen LogP contribution in [0.5, 0.6) is 0 Å². The van der Waals surface area contributed by atoms with Gasteiger partial charge in [0, 0.05) is 13.1 Å². The highest BCUT2D eigenvalue weighted by Gasteiger charge is 2.50. The Bertz CT molecular complexity index is 873. The summed E-state index contributed by atoms with van der Waals surface area (Å²) in [7, 11) is -3.51. The molecule has 29 heavy (non-hydrogen) atoms. The molecule has 1 aliphatic carbocycles. The SMILES string of the molecule is CC(C)(C)OC(=O)N1CCC2(CC1)Cc1ccccc1[C@H]2NS(=O)(=O)C(C)(C)C. The first-order valence-corrected chi connectivity index (χ1v) is 11.8. The lowest BCUT2D eigenvalue weighted by molar-refractivity contribution is 0.00715. The van der Waals surface area contributed by atoms with Gasteiger partial charge in [0.25, 0.3) is 0 Å². The van der Waals surface area contributed by atoms with Gasteiger partial charge in [0.2, 0.25) is 10.0 Å². The van der Waals surface area contributed by atoms with Crippen molar-refractivity contribution in [3.05, 3.63) is 35.4 Å². The van der Waals surface area contributed by atoms with E-state index in [0.717, 1.165) is 24.8 Å². The van der Waals surface area contributed by atoms with Crippen LogP contribution in [0.4, 0.5) is 4.79 Å². The van der Waals surface area contributed by atoms with Crippen LogP contribution >= 0.6 is 0 Å². The van der Waals surface area contributed by atoms with Crippen LogP contribution in [0, 0.1) is 5.41 Å². The number of nitrogens with one attached hydrogen (secondary N) is 1. The summed E-state index contributed by atoms with van der Waals surface area (Å²) in [5, 5.41) is 0. The molecule has 1 aromatic rings. The van der Waals surface area contributed by atoms with Crippen LogP contribution in [0.3, 0.4) is 0 Å². The minimum absolute atomic E-state index is 0.222. The molecule has 0 aromatic heterocycles. The molecule has 1 aliphatic heterocycles. The van der Waals surface area contributed by atoms with Crippen molar-refractivity contribution in [2.24, 2.45) is 5.41 Å². The molecule has 0 unspecified atom stereocenters. The number of ether oxygens (including phenoxy) is 1. The summed E-state index contributed by atoms with van der Waals surface area (Å²) in [4.78, 5) is 14.2. The van der Waals surface area contributed by atoms with Crippen molar-refractivity contribution in [2.75, 3.05) is 13.1 Å². The summed E-state index contributed by atoms with van der Waals surface area (Å²) >= 11 is 0. The minimum atomic E-state index is -3.51. The van der Waals surface area contributed by atoms with Gasteiger partial charge in [0.05, 0.1) is 10.8 Å². The van der Waals surface area contributed by atoms with Gasteiger partial charge in [-0.15, -0.1) is 0 Å². The highest BCUT2D eigenvalue weighted by atomic mass is 32.2. The average Bonchev–Trinajstić information content (AvgIpc) is 2.86. The van der Waals surface area contributed by atoms with Crippen molar-refractivity contribution in [2.45, 2.75) is 77.2 Å². The van der Waals surface area contributed by atoms with Gasteiger partial charge < -0.3 is 9.64 Å². The Morgan fingerprint density at radius 2 is 1.69 bits per heavy atom. The van der Waals surface area contributed by atoms with Crippen molar-refractivity contribution in [3.63, 3.8) is 0 Å². The molecule has 1 saturated heterocycles. The Labute approximate surface area is 175 Å². The maximum absolute atomic E-state index is 13.0. The van der Waals surface area contributed by atoms with Crippen molar-refractivity contribution in [3.8, 4) is 0 Å². The summed E-state index contributed by atoms with van der Waals surface area (Å²) in [5.41, 5.74) is 1.51. The Kier molecular flexibility index (Phi) is 5.54. The van der Waals surface area contributed by atoms with Crippen LogP contribution in [0.2, 0.25) is 0 Å². The summed E-state index contributed by atoms with van der Waals surface area (Å²) in [6, 6.07) is 7.81. The second-order valence-electron chi connectivity index (χ2n) is 10.4. The van der Waals surface area contributed by atoms with Crippen LogP contribution in [-0.4, -0.2) is 42.8 Å². The lowest BCUT2D eigenvalue weighted by Gasteiger charge is -2.44. The molecular weight excluding hydrogens is 388 g/mol. The van der Waals surface area contributed by atoms with Gasteiger partial charge in [-0.1, -0.05) is 24.3 Å². The molecule has 7 heteroatoms. The van der Waals surface area contributed by atoms with E-state index in [1.54, 1.807) is 25.7 Å². The summed E-state index contributed by atoms with van der Waals surface area (Å²) in [6.07, 6.45) is 1.99. The number of sulfonamides is 1. The minimum Gasteiger partial charge on any atom is -0.444 e. The molecule has 162 valence electrons. The molecular formula is C22H34N2O4S. The summed E-state index contributed by atoms with van der Waals surface area (Å²) in [6.45, 7) is 11.9. The zero-order chi connectivity index (χ0) is 21.7. The second-order valence-corrected chi connectivity index (χ2v) is 12.8. The normalized spacial score (nSPS) is 21.9. The molecule has 0 saturated carbocycles. The van der Waals surface area contributed by atoms with Gasteiger partial charge >= 0.3 is 6.09 Å². The number of benzene rings is 1. The zero-order valence-electron chi connectivity index (χ0n) is 18.4. The number of carbonyl (C=O) groups excluding carboxylic acids is 1. The standard InChI is InChI=1S/C22H34N2O4S/c1-20(2,3)28-19(25)24-13-11-22(12-14-24)15-16-9-7-8-10-17(16)18(22)23-29(26,27)21(4,5)6/h7-10,18,23H,11-15H2,1-6H3/t18-/m1/s1. The van der Waals surface area contributed by atoms with E-state index in [9.17, 15) is 13.2 Å². The summed E-state index contributed by atoms with van der Waals surface area (Å²) in [5.74, 6) is 0. The number of piperidine rings is 1. The summed E-state index contributed by atoms with van der Waals surface area (Å²) < 4.78 is 33.6. The topological polar surface area (TPSA) is 75.7 Å². The van der Waals surface area contributed by atoms with Gasteiger partial charge in [0.15, 0.2) is 0 Å². The smallest absolute Gasteiger partial charge is 0.410 e. The van der Waals surface area contributed by atoms with E-state index < -0.39 is 20.4 Å². The number of rotatable bonds is 2. The molecule has 1 atom stereocenters. The second kappa shape index (κ2) is 7.27. The Morgan fingerprint density at radius 3 is 2.24 bits per heavy atom. The number of nitrogens with zero attached hydrogens (tertiary/aromatic N) is 1. The van der Waals surface area contributed by atoms with Crippen LogP contribution in [-0.2, 0) is 21.2 Å². The molecule has 1 amide bonds. The maximum Gasteiger partial charge on any atom is 0.410 e. The van der Waals surface area contributed by atoms with E-state index in [1.807, 2.05) is 39.0 Å². The fourth-order valence-corrected chi connectivity index (χ4v) is 5.28. The molecule has 0 radical (unpaired) electrons. The number of fused-ring (bicyclic) bond motifs is 1. The van der Waals surface area contributed by atoms with Crippen molar-refractivity contribution in [1.82, 2.24) is 9.62 Å². The highest BCUT2D eigenvalue weighted by molar-refractivity contribution is 7.90. The van der Waals surface area contributed by atoms with E-state index in [4.69, 9.17) is 4.74 Å². The lowest BCUT2D eigenvalue weighted by atomic mass is 9.73. The third-order valence-electron chi connectivity index (χ3n) is 6.01. The third-order valence-corrected chi connectivity index (χ3v) is 8.17. The molecule has 1 heterocycles. The first-order chi connectivity index (χ1) is 13.2. The van der Waals surface area contributed by atoms with Gasteiger partial charge in [-0.25, -0.2) is 17.9 Å². The third kappa shape index (κ3) is 4.45. The van der Waals surface area contributed by atoms with E-state index in [2.05, 4.69) is 10.8 Å². The van der Waals surface area contributed by atoms with Crippen LogP contribution < -0.4 is 4.72 Å². The molecule has 1 N–H and O–H groups in total. The number of amides is 1. The van der Waals surface area contributed by atoms with Crippen LogP contribution in [0.25, 0.3) is 0 Å². The molecule has 1 spiro atoms. The number of hydrogen-bond donors (Lipinski definition) is 1. The lowest BCUT2D eigenvalue weighted by Crippen LogP contribution is -2.51. The van der Waals surface area contributed by atoms with Crippen molar-refractivity contribution in [1.29, 1.82) is 0 Å². The molecule has 3 rings (SSSR count). The van der Waals surface area contributed by atoms with E-state index in [-0.39, 0.29) is 17.6 Å². The first kappa shape index (κ1) is 22.1. The predicted octanol–water partition coefficient (Wildman–Crippen LogP) is 4.02. The number of likely N-dealkylation sites (tertiary alicyclic amines) is 1.